The SMILES string of the molecule is CCC1CN(Cc2ccc(Br)cn2)C(C(C)(C)C)CN1. The van der Waals surface area contributed by atoms with Crippen molar-refractivity contribution in [2.75, 3.05) is 13.1 Å². The molecular weight excluding hydrogens is 314 g/mol. The first-order valence-corrected chi connectivity index (χ1v) is 8.27. The van der Waals surface area contributed by atoms with E-state index >= 15 is 0 Å². The summed E-state index contributed by atoms with van der Waals surface area (Å²) in [5.41, 5.74) is 1.43. The number of halogens is 1. The average Bonchev–Trinajstić information content (AvgIpc) is 2.40. The number of nitrogens with zero attached hydrogens (tertiary/aromatic N) is 2. The quantitative estimate of drug-likeness (QED) is 0.914. The van der Waals surface area contributed by atoms with E-state index in [4.69, 9.17) is 0 Å². The van der Waals surface area contributed by atoms with Crippen LogP contribution in [0.15, 0.2) is 22.8 Å². The Bertz CT molecular complexity index is 424. The second kappa shape index (κ2) is 6.54. The zero-order chi connectivity index (χ0) is 14.8. The molecular formula is C16H26BrN3. The molecule has 0 spiro atoms. The van der Waals surface area contributed by atoms with Gasteiger partial charge in [0.05, 0.1) is 5.69 Å². The summed E-state index contributed by atoms with van der Waals surface area (Å²) in [6.45, 7) is 12.3. The van der Waals surface area contributed by atoms with Crippen LogP contribution in [0.3, 0.4) is 0 Å². The third-order valence-electron chi connectivity index (χ3n) is 4.14. The average molecular weight is 340 g/mol. The molecule has 2 rings (SSSR count). The third kappa shape index (κ3) is 4.03. The highest BCUT2D eigenvalue weighted by Gasteiger charge is 2.35. The van der Waals surface area contributed by atoms with E-state index in [9.17, 15) is 0 Å². The summed E-state index contributed by atoms with van der Waals surface area (Å²) in [4.78, 5) is 7.13. The number of aromatic nitrogens is 1. The molecule has 1 aliphatic rings. The molecule has 1 fully saturated rings. The van der Waals surface area contributed by atoms with Crippen LogP contribution in [-0.2, 0) is 6.54 Å². The van der Waals surface area contributed by atoms with Gasteiger partial charge in [0.2, 0.25) is 0 Å². The lowest BCUT2D eigenvalue weighted by Gasteiger charge is -2.46. The standard InChI is InChI=1S/C16H26BrN3/c1-5-13-10-20(15(9-19-13)16(2,3)4)11-14-7-6-12(17)8-18-14/h6-8,13,15,19H,5,9-11H2,1-4H3. The van der Waals surface area contributed by atoms with Crippen LogP contribution in [0.4, 0.5) is 0 Å². The van der Waals surface area contributed by atoms with Gasteiger partial charge in [0.15, 0.2) is 0 Å². The van der Waals surface area contributed by atoms with Crippen molar-refractivity contribution in [2.45, 2.75) is 52.7 Å². The second-order valence-corrected chi connectivity index (χ2v) is 7.71. The van der Waals surface area contributed by atoms with Crippen molar-refractivity contribution >= 4 is 15.9 Å². The van der Waals surface area contributed by atoms with E-state index in [1.165, 1.54) is 6.42 Å². The minimum Gasteiger partial charge on any atom is -0.311 e. The van der Waals surface area contributed by atoms with Gasteiger partial charge in [-0.05, 0) is 39.9 Å². The van der Waals surface area contributed by atoms with Gasteiger partial charge in [-0.15, -0.1) is 0 Å². The molecule has 3 nitrogen and oxygen atoms in total. The molecule has 0 amide bonds. The Balaban J connectivity index is 2.12. The molecule has 1 aromatic heterocycles. The summed E-state index contributed by atoms with van der Waals surface area (Å²) < 4.78 is 1.04. The molecule has 0 bridgehead atoms. The van der Waals surface area contributed by atoms with Crippen molar-refractivity contribution in [3.8, 4) is 0 Å². The van der Waals surface area contributed by atoms with E-state index in [-0.39, 0.29) is 5.41 Å². The third-order valence-corrected chi connectivity index (χ3v) is 4.61. The highest BCUT2D eigenvalue weighted by atomic mass is 79.9. The molecule has 1 aromatic rings. The number of hydrogen-bond acceptors (Lipinski definition) is 3. The van der Waals surface area contributed by atoms with E-state index in [1.54, 1.807) is 0 Å². The van der Waals surface area contributed by atoms with Crippen molar-refractivity contribution < 1.29 is 0 Å². The van der Waals surface area contributed by atoms with Crippen LogP contribution < -0.4 is 5.32 Å². The molecule has 20 heavy (non-hydrogen) atoms. The summed E-state index contributed by atoms with van der Waals surface area (Å²) in [5.74, 6) is 0. The summed E-state index contributed by atoms with van der Waals surface area (Å²) in [6, 6.07) is 5.35. The van der Waals surface area contributed by atoms with E-state index < -0.39 is 0 Å². The maximum atomic E-state index is 4.53. The van der Waals surface area contributed by atoms with Gasteiger partial charge in [0, 0.05) is 42.4 Å². The van der Waals surface area contributed by atoms with Gasteiger partial charge in [-0.2, -0.15) is 0 Å². The van der Waals surface area contributed by atoms with Crippen LogP contribution in [0.25, 0.3) is 0 Å². The first-order chi connectivity index (χ1) is 9.40. The molecule has 2 unspecified atom stereocenters. The monoisotopic (exact) mass is 339 g/mol. The fourth-order valence-corrected chi connectivity index (χ4v) is 3.13. The van der Waals surface area contributed by atoms with Crippen molar-refractivity contribution in [1.29, 1.82) is 0 Å². The van der Waals surface area contributed by atoms with Crippen LogP contribution in [0.1, 0.15) is 39.8 Å². The molecule has 2 atom stereocenters. The number of rotatable bonds is 3. The molecule has 0 radical (unpaired) electrons. The van der Waals surface area contributed by atoms with Crippen LogP contribution >= 0.6 is 15.9 Å². The number of pyridine rings is 1. The largest absolute Gasteiger partial charge is 0.311 e. The Morgan fingerprint density at radius 2 is 2.15 bits per heavy atom. The molecule has 0 aliphatic carbocycles. The minimum atomic E-state index is 0.279. The Morgan fingerprint density at radius 1 is 1.40 bits per heavy atom. The molecule has 1 saturated heterocycles. The fourth-order valence-electron chi connectivity index (χ4n) is 2.89. The minimum absolute atomic E-state index is 0.279. The summed E-state index contributed by atoms with van der Waals surface area (Å²) in [5, 5.41) is 3.68. The first kappa shape index (κ1) is 15.9. The molecule has 4 heteroatoms. The lowest BCUT2D eigenvalue weighted by atomic mass is 9.83. The summed E-state index contributed by atoms with van der Waals surface area (Å²) in [7, 11) is 0. The van der Waals surface area contributed by atoms with Crippen LogP contribution in [0.5, 0.6) is 0 Å². The molecule has 2 heterocycles. The molecule has 112 valence electrons. The predicted molar refractivity (Wildman–Crippen MR) is 87.7 cm³/mol. The van der Waals surface area contributed by atoms with Crippen molar-refractivity contribution in [3.63, 3.8) is 0 Å². The molecule has 0 saturated carbocycles. The highest BCUT2D eigenvalue weighted by Crippen LogP contribution is 2.28. The maximum Gasteiger partial charge on any atom is 0.0544 e. The summed E-state index contributed by atoms with van der Waals surface area (Å²) in [6.07, 6.45) is 3.07. The first-order valence-electron chi connectivity index (χ1n) is 7.48. The van der Waals surface area contributed by atoms with Gasteiger partial charge < -0.3 is 5.32 Å². The predicted octanol–water partition coefficient (Wildman–Crippen LogP) is 3.44. The van der Waals surface area contributed by atoms with E-state index in [0.717, 1.165) is 29.8 Å². The van der Waals surface area contributed by atoms with Gasteiger partial charge in [0.1, 0.15) is 0 Å². The molecule has 1 aliphatic heterocycles. The highest BCUT2D eigenvalue weighted by molar-refractivity contribution is 9.10. The van der Waals surface area contributed by atoms with Gasteiger partial charge >= 0.3 is 0 Å². The number of piperazine rings is 1. The molecule has 0 aromatic carbocycles. The van der Waals surface area contributed by atoms with Crippen LogP contribution in [0, 0.1) is 5.41 Å². The Hall–Kier alpha value is -0.450. The van der Waals surface area contributed by atoms with E-state index in [1.807, 2.05) is 6.20 Å². The van der Waals surface area contributed by atoms with Crippen molar-refractivity contribution in [2.24, 2.45) is 5.41 Å². The van der Waals surface area contributed by atoms with Crippen LogP contribution in [-0.4, -0.2) is 35.1 Å². The topological polar surface area (TPSA) is 28.2 Å². The summed E-state index contributed by atoms with van der Waals surface area (Å²) >= 11 is 3.45. The fraction of sp³-hybridized carbons (Fsp3) is 0.688. The van der Waals surface area contributed by atoms with E-state index in [0.29, 0.717) is 12.1 Å². The smallest absolute Gasteiger partial charge is 0.0544 e. The Morgan fingerprint density at radius 3 is 2.70 bits per heavy atom. The zero-order valence-corrected chi connectivity index (χ0v) is 14.6. The van der Waals surface area contributed by atoms with Gasteiger partial charge in [0.25, 0.3) is 0 Å². The van der Waals surface area contributed by atoms with Crippen molar-refractivity contribution in [3.05, 3.63) is 28.5 Å². The lowest BCUT2D eigenvalue weighted by Crippen LogP contribution is -2.60. The van der Waals surface area contributed by atoms with Gasteiger partial charge in [-0.25, -0.2) is 0 Å². The van der Waals surface area contributed by atoms with Crippen LogP contribution in [0.2, 0.25) is 0 Å². The van der Waals surface area contributed by atoms with Gasteiger partial charge in [-0.3, -0.25) is 9.88 Å². The van der Waals surface area contributed by atoms with Gasteiger partial charge in [-0.1, -0.05) is 27.7 Å². The maximum absolute atomic E-state index is 4.53. The molecule has 1 N–H and O–H groups in total. The Labute approximate surface area is 131 Å². The normalized spacial score (nSPS) is 24.9. The van der Waals surface area contributed by atoms with E-state index in [2.05, 4.69) is 71.0 Å². The second-order valence-electron chi connectivity index (χ2n) is 6.79. The zero-order valence-electron chi connectivity index (χ0n) is 13.0. The lowest BCUT2D eigenvalue weighted by molar-refractivity contribution is 0.0475. The number of hydrogen-bond donors (Lipinski definition) is 1. The Kier molecular flexibility index (Phi) is 5.21. The number of nitrogens with one attached hydrogen (secondary N) is 1. The van der Waals surface area contributed by atoms with Crippen molar-refractivity contribution in [1.82, 2.24) is 15.2 Å².